The van der Waals surface area contributed by atoms with Crippen LogP contribution in [-0.2, 0) is 20.9 Å². The topological polar surface area (TPSA) is 98.5 Å². The highest BCUT2D eigenvalue weighted by Gasteiger charge is 2.59. The van der Waals surface area contributed by atoms with E-state index in [1.807, 2.05) is 30.3 Å². The summed E-state index contributed by atoms with van der Waals surface area (Å²) in [7, 11) is 0. The lowest BCUT2D eigenvalue weighted by molar-refractivity contribution is -0.145. The Kier molecular flexibility index (Phi) is 4.07. The van der Waals surface area contributed by atoms with Gasteiger partial charge in [0.1, 0.15) is 12.0 Å². The van der Waals surface area contributed by atoms with Gasteiger partial charge in [0.15, 0.2) is 0 Å². The van der Waals surface area contributed by atoms with Crippen molar-refractivity contribution in [2.45, 2.75) is 32.3 Å². The number of carbonyl (C=O) groups is 3. The van der Waals surface area contributed by atoms with E-state index in [2.05, 4.69) is 5.32 Å². The van der Waals surface area contributed by atoms with Crippen molar-refractivity contribution in [1.82, 2.24) is 5.32 Å². The monoisotopic (exact) mass is 316 g/mol. The number of rotatable bonds is 4. The molecule has 6 nitrogen and oxygen atoms in total. The molecule has 3 rings (SSSR count). The summed E-state index contributed by atoms with van der Waals surface area (Å²) in [5, 5.41) is 2.20. The van der Waals surface area contributed by atoms with Crippen molar-refractivity contribution in [2.75, 3.05) is 0 Å². The Hall–Kier alpha value is -2.37. The van der Waals surface area contributed by atoms with Crippen LogP contribution in [-0.4, -0.2) is 17.9 Å². The summed E-state index contributed by atoms with van der Waals surface area (Å²) in [4.78, 5) is 36.3. The second kappa shape index (κ2) is 6.02. The molecule has 0 heterocycles. The van der Waals surface area contributed by atoms with E-state index in [1.165, 1.54) is 0 Å². The largest absolute Gasteiger partial charge is 0.444 e. The third kappa shape index (κ3) is 2.81. The van der Waals surface area contributed by atoms with E-state index in [4.69, 9.17) is 10.5 Å². The van der Waals surface area contributed by atoms with Crippen LogP contribution in [0.2, 0.25) is 0 Å². The van der Waals surface area contributed by atoms with Crippen LogP contribution in [0.4, 0.5) is 4.79 Å². The van der Waals surface area contributed by atoms with Crippen LogP contribution in [0.25, 0.3) is 0 Å². The molecule has 0 aromatic heterocycles. The summed E-state index contributed by atoms with van der Waals surface area (Å²) in [5.41, 5.74) is 5.07. The van der Waals surface area contributed by atoms with E-state index in [0.717, 1.165) is 24.8 Å². The van der Waals surface area contributed by atoms with Crippen LogP contribution < -0.4 is 11.1 Å². The molecule has 0 aliphatic heterocycles. The van der Waals surface area contributed by atoms with Gasteiger partial charge in [0, 0.05) is 0 Å². The van der Waals surface area contributed by atoms with E-state index in [9.17, 15) is 14.4 Å². The van der Waals surface area contributed by atoms with Crippen LogP contribution in [0.15, 0.2) is 30.3 Å². The molecular weight excluding hydrogens is 296 g/mol. The molecule has 122 valence electrons. The standard InChI is InChI=1S/C17H20N2O4/c18-14(20)17(9-12-6-7-13(17)8-12)15(21)19-16(22)23-10-11-4-2-1-3-5-11/h1-5,12-13H,6-10H2,(H2,18,20)(H,19,21,22). The molecule has 2 fully saturated rings. The SMILES string of the molecule is NC(=O)C1(C(=O)NC(=O)OCc2ccccc2)CC2CCC1C2. The molecule has 0 saturated heterocycles. The Balaban J connectivity index is 1.61. The first-order valence-electron chi connectivity index (χ1n) is 7.84. The average molecular weight is 316 g/mol. The van der Waals surface area contributed by atoms with E-state index < -0.39 is 23.3 Å². The van der Waals surface area contributed by atoms with Crippen LogP contribution in [0, 0.1) is 17.3 Å². The Morgan fingerprint density at radius 3 is 2.52 bits per heavy atom. The predicted octanol–water partition coefficient (Wildman–Crippen LogP) is 1.73. The summed E-state index contributed by atoms with van der Waals surface area (Å²) in [6, 6.07) is 9.16. The number of benzene rings is 1. The van der Waals surface area contributed by atoms with Crippen molar-refractivity contribution >= 4 is 17.9 Å². The first-order valence-corrected chi connectivity index (χ1v) is 7.84. The third-order valence-corrected chi connectivity index (χ3v) is 5.12. The zero-order valence-electron chi connectivity index (χ0n) is 12.8. The molecule has 0 spiro atoms. The van der Waals surface area contributed by atoms with Crippen LogP contribution >= 0.6 is 0 Å². The van der Waals surface area contributed by atoms with Crippen molar-refractivity contribution in [3.63, 3.8) is 0 Å². The number of hydrogen-bond acceptors (Lipinski definition) is 4. The smallest absolute Gasteiger partial charge is 0.414 e. The van der Waals surface area contributed by atoms with Crippen molar-refractivity contribution < 1.29 is 19.1 Å². The highest BCUT2D eigenvalue weighted by Crippen LogP contribution is 2.56. The lowest BCUT2D eigenvalue weighted by Gasteiger charge is -2.32. The lowest BCUT2D eigenvalue weighted by atomic mass is 9.71. The molecule has 6 heteroatoms. The van der Waals surface area contributed by atoms with Gasteiger partial charge in [0.2, 0.25) is 11.8 Å². The fraction of sp³-hybridized carbons (Fsp3) is 0.471. The summed E-state index contributed by atoms with van der Waals surface area (Å²) in [6.45, 7) is 0.0651. The maximum atomic E-state index is 12.5. The predicted molar refractivity (Wildman–Crippen MR) is 81.8 cm³/mol. The molecule has 2 aliphatic rings. The first kappa shape index (κ1) is 15.5. The quantitative estimate of drug-likeness (QED) is 0.826. The van der Waals surface area contributed by atoms with Crippen molar-refractivity contribution in [1.29, 1.82) is 0 Å². The van der Waals surface area contributed by atoms with Gasteiger partial charge in [-0.15, -0.1) is 0 Å². The number of imide groups is 1. The molecule has 1 aromatic carbocycles. The molecule has 0 radical (unpaired) electrons. The number of ether oxygens (including phenoxy) is 1. The maximum Gasteiger partial charge on any atom is 0.414 e. The van der Waals surface area contributed by atoms with Gasteiger partial charge in [0.05, 0.1) is 0 Å². The van der Waals surface area contributed by atoms with Gasteiger partial charge in [-0.25, -0.2) is 4.79 Å². The van der Waals surface area contributed by atoms with E-state index in [-0.39, 0.29) is 12.5 Å². The molecule has 1 aromatic rings. The first-order chi connectivity index (χ1) is 11.0. The summed E-state index contributed by atoms with van der Waals surface area (Å²) in [6.07, 6.45) is 2.24. The highest BCUT2D eigenvalue weighted by atomic mass is 16.5. The van der Waals surface area contributed by atoms with Gasteiger partial charge < -0.3 is 10.5 Å². The number of primary amides is 1. The average Bonchev–Trinajstić information content (AvgIpc) is 3.15. The fourth-order valence-corrected chi connectivity index (χ4v) is 3.99. The number of nitrogens with two attached hydrogens (primary N) is 1. The second-order valence-electron chi connectivity index (χ2n) is 6.43. The minimum absolute atomic E-state index is 0.0630. The normalized spacial score (nSPS) is 28.3. The van der Waals surface area contributed by atoms with Crippen molar-refractivity contribution in [3.05, 3.63) is 35.9 Å². The van der Waals surface area contributed by atoms with E-state index in [1.54, 1.807) is 0 Å². The molecular formula is C17H20N2O4. The fourth-order valence-electron chi connectivity index (χ4n) is 3.99. The van der Waals surface area contributed by atoms with Gasteiger partial charge in [0.25, 0.3) is 0 Å². The lowest BCUT2D eigenvalue weighted by Crippen LogP contribution is -2.54. The summed E-state index contributed by atoms with van der Waals surface area (Å²) < 4.78 is 5.04. The van der Waals surface area contributed by atoms with E-state index >= 15 is 0 Å². The van der Waals surface area contributed by atoms with Gasteiger partial charge >= 0.3 is 6.09 Å². The van der Waals surface area contributed by atoms with Crippen molar-refractivity contribution in [3.8, 4) is 0 Å². The molecule has 3 amide bonds. The highest BCUT2D eigenvalue weighted by molar-refractivity contribution is 6.09. The number of hydrogen-bond donors (Lipinski definition) is 2. The number of amides is 3. The van der Waals surface area contributed by atoms with Gasteiger partial charge in [-0.2, -0.15) is 0 Å². The number of alkyl carbamates (subject to hydrolysis) is 1. The maximum absolute atomic E-state index is 12.5. The summed E-state index contributed by atoms with van der Waals surface area (Å²) in [5.74, 6) is -0.973. The molecule has 3 unspecified atom stereocenters. The molecule has 2 saturated carbocycles. The van der Waals surface area contributed by atoms with Gasteiger partial charge in [-0.3, -0.25) is 14.9 Å². The van der Waals surface area contributed by atoms with Crippen LogP contribution in [0.3, 0.4) is 0 Å². The van der Waals surface area contributed by atoms with Crippen LogP contribution in [0.1, 0.15) is 31.2 Å². The van der Waals surface area contributed by atoms with Gasteiger partial charge in [-0.05, 0) is 36.7 Å². The number of fused-ring (bicyclic) bond motifs is 2. The Morgan fingerprint density at radius 2 is 1.96 bits per heavy atom. The minimum atomic E-state index is -1.26. The third-order valence-electron chi connectivity index (χ3n) is 5.12. The zero-order chi connectivity index (χ0) is 16.4. The summed E-state index contributed by atoms with van der Waals surface area (Å²) >= 11 is 0. The van der Waals surface area contributed by atoms with Gasteiger partial charge in [-0.1, -0.05) is 36.8 Å². The van der Waals surface area contributed by atoms with Crippen LogP contribution in [0.5, 0.6) is 0 Å². The Labute approximate surface area is 134 Å². The Bertz CT molecular complexity index is 631. The second-order valence-corrected chi connectivity index (χ2v) is 6.43. The molecule has 2 bridgehead atoms. The molecule has 2 aliphatic carbocycles. The number of nitrogens with one attached hydrogen (secondary N) is 1. The molecule has 3 atom stereocenters. The zero-order valence-corrected chi connectivity index (χ0v) is 12.8. The van der Waals surface area contributed by atoms with Crippen molar-refractivity contribution in [2.24, 2.45) is 23.0 Å². The number of carbonyl (C=O) groups excluding carboxylic acids is 3. The van der Waals surface area contributed by atoms with E-state index in [0.29, 0.717) is 12.3 Å². The molecule has 3 N–H and O–H groups in total. The Morgan fingerprint density at radius 1 is 1.22 bits per heavy atom. The minimum Gasteiger partial charge on any atom is -0.444 e. The molecule has 23 heavy (non-hydrogen) atoms.